The molecule has 0 aromatic heterocycles. The van der Waals surface area contributed by atoms with E-state index in [0.29, 0.717) is 11.3 Å². The molecule has 3 aliphatic carbocycles. The molecule has 1 saturated heterocycles. The van der Waals surface area contributed by atoms with Gasteiger partial charge in [0.05, 0.1) is 29.7 Å². The Kier molecular flexibility index (Phi) is 4.22. The van der Waals surface area contributed by atoms with Crippen LogP contribution in [0.5, 0.6) is 0 Å². The Morgan fingerprint density at radius 2 is 1.26 bits per heavy atom. The van der Waals surface area contributed by atoms with Crippen LogP contribution < -0.4 is 4.90 Å². The Balaban J connectivity index is 1.56. The number of esters is 1. The van der Waals surface area contributed by atoms with Crippen LogP contribution in [0.25, 0.3) is 0 Å². The number of hydrogen-bond acceptors (Lipinski definition) is 4. The number of carbonyl (C=O) groups excluding carboxylic acids is 3. The molecule has 0 radical (unpaired) electrons. The maximum Gasteiger partial charge on any atom is 0.338 e. The van der Waals surface area contributed by atoms with Gasteiger partial charge in [0.1, 0.15) is 0 Å². The minimum absolute atomic E-state index is 0.214. The zero-order chi connectivity index (χ0) is 23.8. The third-order valence-corrected chi connectivity index (χ3v) is 8.26. The van der Waals surface area contributed by atoms with Gasteiger partial charge < -0.3 is 4.74 Å². The molecule has 170 valence electrons. The minimum atomic E-state index is -0.629. The van der Waals surface area contributed by atoms with E-state index in [1.807, 2.05) is 24.3 Å². The van der Waals surface area contributed by atoms with Crippen molar-refractivity contribution in [2.45, 2.75) is 31.6 Å². The summed E-state index contributed by atoms with van der Waals surface area (Å²) in [7, 11) is 0. The molecule has 4 aliphatic rings. The largest absolute Gasteiger partial charge is 0.462 e. The standard InChI is InChI=1S/C29H25NO4/c1-4-34-27(33)17-10-9-11-18(16-17)30-25(31)23-24(26(30)32)29(3)21-14-7-5-12-19(21)28(23,2)20-13-6-8-15-22(20)29/h5-16,23-24H,4H2,1-3H3/t23-,24+,28?,29?. The Morgan fingerprint density at radius 3 is 1.71 bits per heavy atom. The van der Waals surface area contributed by atoms with Crippen molar-refractivity contribution in [1.82, 2.24) is 0 Å². The summed E-state index contributed by atoms with van der Waals surface area (Å²) in [4.78, 5) is 41.8. The van der Waals surface area contributed by atoms with E-state index in [9.17, 15) is 14.4 Å². The SMILES string of the molecule is CCOC(=O)c1cccc(N2C(=O)[C@@H]3[C@H](C2=O)C2(C)c4ccccc4C3(C)c3ccccc32)c1. The van der Waals surface area contributed by atoms with Crippen molar-refractivity contribution in [3.8, 4) is 0 Å². The fourth-order valence-electron chi connectivity index (χ4n) is 6.81. The van der Waals surface area contributed by atoms with Gasteiger partial charge in [0.25, 0.3) is 0 Å². The second kappa shape index (κ2) is 6.89. The molecule has 3 aromatic rings. The van der Waals surface area contributed by atoms with E-state index in [-0.39, 0.29) is 18.4 Å². The van der Waals surface area contributed by atoms with Crippen LogP contribution in [-0.4, -0.2) is 24.4 Å². The van der Waals surface area contributed by atoms with Gasteiger partial charge in [-0.3, -0.25) is 9.59 Å². The lowest BCUT2D eigenvalue weighted by molar-refractivity contribution is -0.124. The summed E-state index contributed by atoms with van der Waals surface area (Å²) in [6.45, 7) is 6.20. The minimum Gasteiger partial charge on any atom is -0.462 e. The van der Waals surface area contributed by atoms with E-state index in [1.165, 1.54) is 4.90 Å². The lowest BCUT2D eigenvalue weighted by Crippen LogP contribution is -2.59. The van der Waals surface area contributed by atoms with Crippen LogP contribution >= 0.6 is 0 Å². The Labute approximate surface area is 198 Å². The molecule has 0 saturated carbocycles. The van der Waals surface area contributed by atoms with Crippen LogP contribution in [0.15, 0.2) is 72.8 Å². The first-order valence-corrected chi connectivity index (χ1v) is 11.7. The van der Waals surface area contributed by atoms with Crippen molar-refractivity contribution in [2.75, 3.05) is 11.5 Å². The zero-order valence-corrected chi connectivity index (χ0v) is 19.4. The van der Waals surface area contributed by atoms with Gasteiger partial charge in [0, 0.05) is 10.8 Å². The van der Waals surface area contributed by atoms with E-state index in [0.717, 1.165) is 22.3 Å². The predicted octanol–water partition coefficient (Wildman–Crippen LogP) is 4.61. The van der Waals surface area contributed by atoms with Gasteiger partial charge in [-0.2, -0.15) is 0 Å². The fraction of sp³-hybridized carbons (Fsp3) is 0.276. The van der Waals surface area contributed by atoms with Gasteiger partial charge in [0.2, 0.25) is 11.8 Å². The smallest absolute Gasteiger partial charge is 0.338 e. The Bertz CT molecular complexity index is 1270. The number of nitrogens with zero attached hydrogens (tertiary/aromatic N) is 1. The first-order chi connectivity index (χ1) is 16.3. The highest BCUT2D eigenvalue weighted by Gasteiger charge is 2.70. The lowest BCUT2D eigenvalue weighted by atomic mass is 9.42. The predicted molar refractivity (Wildman–Crippen MR) is 128 cm³/mol. The molecular weight excluding hydrogens is 426 g/mol. The second-order valence-electron chi connectivity index (χ2n) is 9.73. The van der Waals surface area contributed by atoms with Gasteiger partial charge >= 0.3 is 5.97 Å². The fourth-order valence-corrected chi connectivity index (χ4v) is 6.81. The van der Waals surface area contributed by atoms with E-state index in [1.54, 1.807) is 31.2 Å². The van der Waals surface area contributed by atoms with Crippen LogP contribution in [0.3, 0.4) is 0 Å². The average molecular weight is 452 g/mol. The summed E-state index contributed by atoms with van der Waals surface area (Å²) in [6.07, 6.45) is 0. The van der Waals surface area contributed by atoms with Crippen molar-refractivity contribution in [1.29, 1.82) is 0 Å². The molecule has 1 aliphatic heterocycles. The molecular formula is C29H25NO4. The van der Waals surface area contributed by atoms with Crippen molar-refractivity contribution in [3.05, 3.63) is 101 Å². The Hall–Kier alpha value is -3.73. The molecule has 2 bridgehead atoms. The maximum atomic E-state index is 14.1. The highest BCUT2D eigenvalue weighted by molar-refractivity contribution is 6.24. The number of benzene rings is 3. The molecule has 34 heavy (non-hydrogen) atoms. The van der Waals surface area contributed by atoms with Crippen LogP contribution in [0.4, 0.5) is 5.69 Å². The lowest BCUT2D eigenvalue weighted by Gasteiger charge is -2.57. The topological polar surface area (TPSA) is 63.7 Å². The molecule has 0 spiro atoms. The molecule has 5 heteroatoms. The number of carbonyl (C=O) groups is 3. The molecule has 2 atom stereocenters. The van der Waals surface area contributed by atoms with Gasteiger partial charge in [-0.05, 0) is 47.4 Å². The summed E-state index contributed by atoms with van der Waals surface area (Å²) in [5, 5.41) is 0. The van der Waals surface area contributed by atoms with Crippen molar-refractivity contribution < 1.29 is 19.1 Å². The van der Waals surface area contributed by atoms with Crippen LogP contribution in [0.2, 0.25) is 0 Å². The first-order valence-electron chi connectivity index (χ1n) is 11.7. The molecule has 5 nitrogen and oxygen atoms in total. The highest BCUT2D eigenvalue weighted by Crippen LogP contribution is 2.66. The summed E-state index contributed by atoms with van der Waals surface area (Å²) < 4.78 is 5.13. The molecule has 3 aromatic carbocycles. The summed E-state index contributed by atoms with van der Waals surface area (Å²) in [5.74, 6) is -1.95. The number of amides is 2. The molecule has 0 unspecified atom stereocenters. The van der Waals surface area contributed by atoms with Crippen molar-refractivity contribution >= 4 is 23.5 Å². The summed E-state index contributed by atoms with van der Waals surface area (Å²) in [6, 6.07) is 23.0. The van der Waals surface area contributed by atoms with E-state index >= 15 is 0 Å². The van der Waals surface area contributed by atoms with Gasteiger partial charge in [-0.1, -0.05) is 68.4 Å². The van der Waals surface area contributed by atoms with Crippen molar-refractivity contribution in [2.24, 2.45) is 11.8 Å². The summed E-state index contributed by atoms with van der Waals surface area (Å²) >= 11 is 0. The van der Waals surface area contributed by atoms with E-state index in [4.69, 9.17) is 4.74 Å². The van der Waals surface area contributed by atoms with Crippen LogP contribution in [-0.2, 0) is 25.2 Å². The molecule has 1 fully saturated rings. The monoisotopic (exact) mass is 451 g/mol. The van der Waals surface area contributed by atoms with Gasteiger partial charge in [-0.15, -0.1) is 0 Å². The molecule has 2 amide bonds. The number of anilines is 1. The van der Waals surface area contributed by atoms with Crippen molar-refractivity contribution in [3.63, 3.8) is 0 Å². The number of hydrogen-bond donors (Lipinski definition) is 0. The molecule has 0 N–H and O–H groups in total. The first kappa shape index (κ1) is 20.8. The number of rotatable bonds is 3. The number of ether oxygens (including phenoxy) is 1. The molecule has 7 rings (SSSR count). The normalized spacial score (nSPS) is 28.4. The van der Waals surface area contributed by atoms with Crippen LogP contribution in [0, 0.1) is 11.8 Å². The third kappa shape index (κ3) is 2.32. The summed E-state index contributed by atoms with van der Waals surface area (Å²) in [5.41, 5.74) is 3.92. The molecule has 1 heterocycles. The highest BCUT2D eigenvalue weighted by atomic mass is 16.5. The van der Waals surface area contributed by atoms with Crippen LogP contribution in [0.1, 0.15) is 53.4 Å². The van der Waals surface area contributed by atoms with E-state index < -0.39 is 28.6 Å². The number of imide groups is 1. The maximum absolute atomic E-state index is 14.1. The average Bonchev–Trinajstić information content (AvgIpc) is 3.14. The second-order valence-corrected chi connectivity index (χ2v) is 9.73. The van der Waals surface area contributed by atoms with Gasteiger partial charge in [0.15, 0.2) is 0 Å². The van der Waals surface area contributed by atoms with Gasteiger partial charge in [-0.25, -0.2) is 9.69 Å². The third-order valence-electron chi connectivity index (χ3n) is 8.26. The quantitative estimate of drug-likeness (QED) is 0.431. The van der Waals surface area contributed by atoms with E-state index in [2.05, 4.69) is 38.1 Å². The zero-order valence-electron chi connectivity index (χ0n) is 19.4. The Morgan fingerprint density at radius 1 is 0.794 bits per heavy atom.